The highest BCUT2D eigenvalue weighted by atomic mass is 32.1. The summed E-state index contributed by atoms with van der Waals surface area (Å²) in [6, 6.07) is 8.78. The number of hydrogen-bond donors (Lipinski definition) is 1. The first-order valence-corrected chi connectivity index (χ1v) is 7.53. The van der Waals surface area contributed by atoms with Gasteiger partial charge in [-0.05, 0) is 55.2 Å². The Bertz CT molecular complexity index is 320. The van der Waals surface area contributed by atoms with E-state index in [9.17, 15) is 0 Å². The summed E-state index contributed by atoms with van der Waals surface area (Å²) in [7, 11) is 0. The second kappa shape index (κ2) is 6.49. The molecule has 17 heavy (non-hydrogen) atoms. The minimum absolute atomic E-state index is 0.807. The van der Waals surface area contributed by atoms with Gasteiger partial charge in [0, 0.05) is 4.90 Å². The van der Waals surface area contributed by atoms with Gasteiger partial charge in [0.15, 0.2) is 0 Å². The standard InChI is InChI=1S/C16H24S/c1-2-3-4-13-5-7-14(8-6-13)15-9-11-16(17)12-10-15/h9-14,17H,2-8H2,1H3. The summed E-state index contributed by atoms with van der Waals surface area (Å²) in [6.45, 7) is 2.30. The van der Waals surface area contributed by atoms with Crippen molar-refractivity contribution in [3.63, 3.8) is 0 Å². The fourth-order valence-corrected chi connectivity index (χ4v) is 3.17. The fourth-order valence-electron chi connectivity index (χ4n) is 3.02. The van der Waals surface area contributed by atoms with Crippen molar-refractivity contribution in [3.05, 3.63) is 29.8 Å². The summed E-state index contributed by atoms with van der Waals surface area (Å²) < 4.78 is 0. The number of unbranched alkanes of at least 4 members (excludes halogenated alkanes) is 1. The lowest BCUT2D eigenvalue weighted by molar-refractivity contribution is 0.304. The van der Waals surface area contributed by atoms with E-state index in [0.717, 1.165) is 16.7 Å². The molecule has 0 bridgehead atoms. The Morgan fingerprint density at radius 3 is 2.29 bits per heavy atom. The van der Waals surface area contributed by atoms with E-state index in [1.807, 2.05) is 0 Å². The van der Waals surface area contributed by atoms with Gasteiger partial charge in [-0.1, -0.05) is 38.3 Å². The molecule has 94 valence electrons. The van der Waals surface area contributed by atoms with Gasteiger partial charge in [-0.25, -0.2) is 0 Å². The minimum Gasteiger partial charge on any atom is -0.143 e. The van der Waals surface area contributed by atoms with Crippen LogP contribution in [0.25, 0.3) is 0 Å². The molecule has 1 aromatic rings. The first-order valence-electron chi connectivity index (χ1n) is 7.08. The van der Waals surface area contributed by atoms with Gasteiger partial charge in [-0.3, -0.25) is 0 Å². The number of thiol groups is 1. The summed E-state index contributed by atoms with van der Waals surface area (Å²) >= 11 is 4.35. The Labute approximate surface area is 111 Å². The SMILES string of the molecule is CCCCC1CCC(c2ccc(S)cc2)CC1. The van der Waals surface area contributed by atoms with Crippen LogP contribution in [0.4, 0.5) is 0 Å². The second-order valence-electron chi connectivity index (χ2n) is 5.45. The first kappa shape index (κ1) is 13.0. The van der Waals surface area contributed by atoms with Crippen molar-refractivity contribution in [1.29, 1.82) is 0 Å². The van der Waals surface area contributed by atoms with Crippen molar-refractivity contribution in [3.8, 4) is 0 Å². The van der Waals surface area contributed by atoms with E-state index in [1.54, 1.807) is 0 Å². The van der Waals surface area contributed by atoms with Crippen LogP contribution in [0.5, 0.6) is 0 Å². The van der Waals surface area contributed by atoms with Crippen LogP contribution in [0.15, 0.2) is 29.2 Å². The second-order valence-corrected chi connectivity index (χ2v) is 5.97. The van der Waals surface area contributed by atoms with E-state index in [4.69, 9.17) is 0 Å². The normalized spacial score (nSPS) is 24.8. The van der Waals surface area contributed by atoms with Crippen molar-refractivity contribution < 1.29 is 0 Å². The molecule has 0 nitrogen and oxygen atoms in total. The van der Waals surface area contributed by atoms with Crippen LogP contribution in [0.2, 0.25) is 0 Å². The van der Waals surface area contributed by atoms with Crippen LogP contribution >= 0.6 is 12.6 Å². The van der Waals surface area contributed by atoms with Gasteiger partial charge in [0.1, 0.15) is 0 Å². The highest BCUT2D eigenvalue weighted by molar-refractivity contribution is 7.80. The van der Waals surface area contributed by atoms with E-state index in [-0.39, 0.29) is 0 Å². The number of benzene rings is 1. The minimum atomic E-state index is 0.807. The van der Waals surface area contributed by atoms with Crippen molar-refractivity contribution >= 4 is 12.6 Å². The average Bonchev–Trinajstić information content (AvgIpc) is 2.38. The molecule has 1 aliphatic rings. The third kappa shape index (κ3) is 3.77. The quantitative estimate of drug-likeness (QED) is 0.674. The van der Waals surface area contributed by atoms with Gasteiger partial charge in [0.25, 0.3) is 0 Å². The lowest BCUT2D eigenvalue weighted by Crippen LogP contribution is -2.13. The molecule has 0 N–H and O–H groups in total. The molecule has 0 amide bonds. The van der Waals surface area contributed by atoms with Crippen LogP contribution in [-0.4, -0.2) is 0 Å². The fraction of sp³-hybridized carbons (Fsp3) is 0.625. The number of hydrogen-bond acceptors (Lipinski definition) is 1. The topological polar surface area (TPSA) is 0 Å². The molecule has 2 rings (SSSR count). The van der Waals surface area contributed by atoms with Crippen LogP contribution in [0.3, 0.4) is 0 Å². The third-order valence-corrected chi connectivity index (χ3v) is 4.48. The average molecular weight is 248 g/mol. The van der Waals surface area contributed by atoms with Crippen molar-refractivity contribution in [1.82, 2.24) is 0 Å². The summed E-state index contributed by atoms with van der Waals surface area (Å²) in [5, 5.41) is 0. The van der Waals surface area contributed by atoms with Crippen LogP contribution in [0.1, 0.15) is 63.4 Å². The van der Waals surface area contributed by atoms with Gasteiger partial charge in [0.05, 0.1) is 0 Å². The van der Waals surface area contributed by atoms with Crippen LogP contribution in [-0.2, 0) is 0 Å². The highest BCUT2D eigenvalue weighted by Crippen LogP contribution is 2.37. The van der Waals surface area contributed by atoms with Crippen molar-refractivity contribution in [2.24, 2.45) is 5.92 Å². The molecule has 0 atom stereocenters. The Morgan fingerprint density at radius 2 is 1.71 bits per heavy atom. The smallest absolute Gasteiger partial charge is 0.00401 e. The lowest BCUT2D eigenvalue weighted by atomic mass is 9.77. The predicted molar refractivity (Wildman–Crippen MR) is 77.9 cm³/mol. The maximum absolute atomic E-state index is 4.35. The molecule has 0 aliphatic heterocycles. The lowest BCUT2D eigenvalue weighted by Gasteiger charge is -2.28. The van der Waals surface area contributed by atoms with E-state index in [0.29, 0.717) is 0 Å². The maximum Gasteiger partial charge on any atom is 0.00401 e. The first-order chi connectivity index (χ1) is 8.29. The molecule has 0 radical (unpaired) electrons. The Balaban J connectivity index is 1.84. The van der Waals surface area contributed by atoms with Gasteiger partial charge >= 0.3 is 0 Å². The van der Waals surface area contributed by atoms with Gasteiger partial charge in [-0.2, -0.15) is 0 Å². The van der Waals surface area contributed by atoms with Crippen molar-refractivity contribution in [2.75, 3.05) is 0 Å². The predicted octanol–water partition coefficient (Wildman–Crippen LogP) is 5.44. The van der Waals surface area contributed by atoms with Gasteiger partial charge in [0.2, 0.25) is 0 Å². The zero-order valence-corrected chi connectivity index (χ0v) is 11.8. The summed E-state index contributed by atoms with van der Waals surface area (Å²) in [5.74, 6) is 1.82. The van der Waals surface area contributed by atoms with Crippen LogP contribution in [0, 0.1) is 5.92 Å². The van der Waals surface area contributed by atoms with Gasteiger partial charge in [-0.15, -0.1) is 12.6 Å². The largest absolute Gasteiger partial charge is 0.143 e. The van der Waals surface area contributed by atoms with Crippen molar-refractivity contribution in [2.45, 2.75) is 62.7 Å². The Kier molecular flexibility index (Phi) is 4.97. The Hall–Kier alpha value is -0.430. The molecule has 1 aliphatic carbocycles. The van der Waals surface area contributed by atoms with E-state index in [1.165, 1.54) is 50.5 Å². The molecule has 1 fully saturated rings. The molecular formula is C16H24S. The molecule has 0 spiro atoms. The zero-order valence-electron chi connectivity index (χ0n) is 10.9. The summed E-state index contributed by atoms with van der Waals surface area (Å²) in [5.41, 5.74) is 1.52. The van der Waals surface area contributed by atoms with E-state index < -0.39 is 0 Å². The maximum atomic E-state index is 4.35. The Morgan fingerprint density at radius 1 is 1.06 bits per heavy atom. The molecule has 0 saturated heterocycles. The summed E-state index contributed by atoms with van der Waals surface area (Å²) in [4.78, 5) is 1.07. The molecule has 0 aromatic heterocycles. The van der Waals surface area contributed by atoms with Gasteiger partial charge < -0.3 is 0 Å². The molecular weight excluding hydrogens is 224 g/mol. The molecule has 0 unspecified atom stereocenters. The monoisotopic (exact) mass is 248 g/mol. The number of rotatable bonds is 4. The molecule has 0 heterocycles. The molecule has 1 aromatic carbocycles. The third-order valence-electron chi connectivity index (χ3n) is 4.18. The summed E-state index contributed by atoms with van der Waals surface area (Å²) in [6.07, 6.45) is 9.88. The highest BCUT2D eigenvalue weighted by Gasteiger charge is 2.21. The molecule has 1 saturated carbocycles. The van der Waals surface area contributed by atoms with E-state index >= 15 is 0 Å². The van der Waals surface area contributed by atoms with Crippen LogP contribution < -0.4 is 0 Å². The molecule has 1 heteroatoms. The van der Waals surface area contributed by atoms with E-state index in [2.05, 4.69) is 43.8 Å². The zero-order chi connectivity index (χ0) is 12.1.